The Labute approximate surface area is 309 Å². The Kier molecular flexibility index (Phi) is 23.6. The van der Waals surface area contributed by atoms with E-state index in [4.69, 9.17) is 0 Å². The maximum atomic E-state index is 13.7. The van der Waals surface area contributed by atoms with Gasteiger partial charge in [-0.2, -0.15) is 0 Å². The van der Waals surface area contributed by atoms with Crippen molar-refractivity contribution in [3.8, 4) is 0 Å². The standard InChI is InChI=1S/C27H45N5O7S.C6H12.C3H8.C2H6/c1-6-14-28-24(35)20(33)17-29-23(34)19-12-11-15-32(19)25(36)22(27(3,4)5)31-26(37)30-18(7-2)21-13-9-8-10-16-40(21,38)39;1-2-3-6-4-5-6;1-3-2;1-2/h6,18-19,21-22H,1,7-17H2,2-5H3,(H,28,35)(H,29,34)(H2,30,31,37);6H,2-5H2,1H3;3H2,1-2H3;1-2H3. The van der Waals surface area contributed by atoms with Gasteiger partial charge in [0, 0.05) is 19.1 Å². The summed E-state index contributed by atoms with van der Waals surface area (Å²) in [5.74, 6) is -1.43. The van der Waals surface area contributed by atoms with E-state index in [0.717, 1.165) is 18.8 Å². The molecule has 4 atom stereocenters. The van der Waals surface area contributed by atoms with Gasteiger partial charge in [0.2, 0.25) is 17.6 Å². The van der Waals surface area contributed by atoms with E-state index in [9.17, 15) is 32.4 Å². The largest absolute Gasteiger partial charge is 0.347 e. The molecule has 3 fully saturated rings. The smallest absolute Gasteiger partial charge is 0.315 e. The first-order valence-electron chi connectivity index (χ1n) is 19.4. The first-order chi connectivity index (χ1) is 24.1. The second kappa shape index (κ2) is 25.1. The number of hydrogen-bond donors (Lipinski definition) is 4. The van der Waals surface area contributed by atoms with Crippen molar-refractivity contribution in [1.29, 1.82) is 0 Å². The minimum absolute atomic E-state index is 0.101. The Balaban J connectivity index is 0.00000196. The molecule has 51 heavy (non-hydrogen) atoms. The summed E-state index contributed by atoms with van der Waals surface area (Å²) >= 11 is 0. The lowest BCUT2D eigenvalue weighted by Crippen LogP contribution is -2.60. The second-order valence-corrected chi connectivity index (χ2v) is 16.8. The zero-order valence-electron chi connectivity index (χ0n) is 33.2. The summed E-state index contributed by atoms with van der Waals surface area (Å²) in [7, 11) is -3.36. The van der Waals surface area contributed by atoms with Crippen molar-refractivity contribution in [2.75, 3.05) is 25.4 Å². The summed E-state index contributed by atoms with van der Waals surface area (Å²) in [6.07, 6.45) is 12.6. The lowest BCUT2D eigenvalue weighted by molar-refractivity contribution is -0.142. The van der Waals surface area contributed by atoms with E-state index in [2.05, 4.69) is 48.6 Å². The number of likely N-dealkylation sites (tertiary alicyclic amines) is 1. The molecule has 1 saturated carbocycles. The van der Waals surface area contributed by atoms with E-state index in [1.165, 1.54) is 43.1 Å². The molecule has 0 aromatic heterocycles. The van der Waals surface area contributed by atoms with Crippen LogP contribution in [0.1, 0.15) is 139 Å². The summed E-state index contributed by atoms with van der Waals surface area (Å²) in [4.78, 5) is 64.8. The van der Waals surface area contributed by atoms with Gasteiger partial charge in [-0.05, 0) is 43.4 Å². The lowest BCUT2D eigenvalue weighted by atomic mass is 9.85. The SMILES string of the molecule is C=CCNC(=O)C(=O)CNC(=O)C1CCCN1C(=O)C(NC(=O)NC(CC)C1CCCCCS1(=O)=O)C(C)(C)C.CC.CCC.CCCC1CC1. The molecule has 0 aromatic carbocycles. The van der Waals surface area contributed by atoms with Crippen LogP contribution in [-0.2, 0) is 29.0 Å². The van der Waals surface area contributed by atoms with Gasteiger partial charge in [0.15, 0.2) is 9.84 Å². The monoisotopic (exact) mass is 742 g/mol. The molecule has 1 aliphatic carbocycles. The molecule has 0 aromatic rings. The van der Waals surface area contributed by atoms with Crippen LogP contribution in [-0.4, -0.2) is 91.6 Å². The van der Waals surface area contributed by atoms with E-state index in [0.29, 0.717) is 38.6 Å². The van der Waals surface area contributed by atoms with Crippen LogP contribution in [0.2, 0.25) is 0 Å². The van der Waals surface area contributed by atoms with Gasteiger partial charge in [0.25, 0.3) is 5.91 Å². The topological polar surface area (TPSA) is 171 Å². The Morgan fingerprint density at radius 2 is 1.51 bits per heavy atom. The number of sulfone groups is 1. The van der Waals surface area contributed by atoms with Gasteiger partial charge in [-0.3, -0.25) is 19.2 Å². The van der Waals surface area contributed by atoms with Gasteiger partial charge in [-0.25, -0.2) is 13.2 Å². The fourth-order valence-electron chi connectivity index (χ4n) is 5.97. The van der Waals surface area contributed by atoms with Crippen LogP contribution < -0.4 is 21.3 Å². The maximum absolute atomic E-state index is 13.7. The van der Waals surface area contributed by atoms with Crippen molar-refractivity contribution < 1.29 is 32.4 Å². The molecular formula is C38H71N5O7S. The average molecular weight is 742 g/mol. The molecule has 12 nitrogen and oxygen atoms in total. The van der Waals surface area contributed by atoms with Crippen molar-refractivity contribution in [3.05, 3.63) is 12.7 Å². The molecule has 3 aliphatic rings. The third kappa shape index (κ3) is 17.9. The van der Waals surface area contributed by atoms with Crippen LogP contribution in [0.5, 0.6) is 0 Å². The van der Waals surface area contributed by atoms with Crippen molar-refractivity contribution in [3.63, 3.8) is 0 Å². The van der Waals surface area contributed by atoms with E-state index >= 15 is 0 Å². The molecule has 0 spiro atoms. The van der Waals surface area contributed by atoms with Crippen molar-refractivity contribution in [2.24, 2.45) is 11.3 Å². The molecule has 2 aliphatic heterocycles. The molecule has 3 rings (SSSR count). The summed E-state index contributed by atoms with van der Waals surface area (Å²) in [6, 6.07) is -3.09. The Bertz CT molecular complexity index is 1200. The molecule has 0 bridgehead atoms. The van der Waals surface area contributed by atoms with Crippen molar-refractivity contribution in [1.82, 2.24) is 26.2 Å². The first kappa shape index (κ1) is 48.0. The number of rotatable bonds is 13. The molecule has 5 amide bonds. The van der Waals surface area contributed by atoms with Gasteiger partial charge in [0.05, 0.1) is 17.5 Å². The molecule has 4 unspecified atom stereocenters. The van der Waals surface area contributed by atoms with Crippen molar-refractivity contribution >= 4 is 39.4 Å². The third-order valence-electron chi connectivity index (χ3n) is 8.79. The van der Waals surface area contributed by atoms with Crippen LogP contribution in [0.15, 0.2) is 12.7 Å². The number of urea groups is 1. The number of carbonyl (C=O) groups is 5. The highest BCUT2D eigenvalue weighted by Gasteiger charge is 2.42. The van der Waals surface area contributed by atoms with E-state index in [1.54, 1.807) is 20.8 Å². The minimum Gasteiger partial charge on any atom is -0.347 e. The minimum atomic E-state index is -3.36. The van der Waals surface area contributed by atoms with E-state index in [-0.39, 0.29) is 12.3 Å². The predicted molar refractivity (Wildman–Crippen MR) is 206 cm³/mol. The number of hydrogen-bond acceptors (Lipinski definition) is 7. The number of nitrogens with one attached hydrogen (secondary N) is 4. The molecule has 4 N–H and O–H groups in total. The predicted octanol–water partition coefficient (Wildman–Crippen LogP) is 5.45. The van der Waals surface area contributed by atoms with E-state index < -0.39 is 74.7 Å². The Morgan fingerprint density at radius 1 is 0.882 bits per heavy atom. The fraction of sp³-hybridized carbons (Fsp3) is 0.816. The number of amides is 5. The normalized spacial score (nSPS) is 20.5. The third-order valence-corrected chi connectivity index (χ3v) is 11.1. The second-order valence-electron chi connectivity index (χ2n) is 14.5. The van der Waals surface area contributed by atoms with Crippen molar-refractivity contribution in [2.45, 2.75) is 163 Å². The number of Topliss-reactive ketones (excluding diaryl/α,β-unsaturated/α-hetero) is 1. The molecule has 2 saturated heterocycles. The summed E-state index contributed by atoms with van der Waals surface area (Å²) in [6.45, 7) is 21.0. The Morgan fingerprint density at radius 3 is 2.02 bits per heavy atom. The van der Waals surface area contributed by atoms with Gasteiger partial charge in [-0.15, -0.1) is 6.58 Å². The van der Waals surface area contributed by atoms with Crippen LogP contribution in [0.4, 0.5) is 4.79 Å². The maximum Gasteiger partial charge on any atom is 0.315 e. The highest BCUT2D eigenvalue weighted by atomic mass is 32.2. The molecule has 2 heterocycles. The summed E-state index contributed by atoms with van der Waals surface area (Å²) < 4.78 is 25.6. The van der Waals surface area contributed by atoms with Gasteiger partial charge >= 0.3 is 6.03 Å². The zero-order valence-corrected chi connectivity index (χ0v) is 34.0. The van der Waals surface area contributed by atoms with E-state index in [1.807, 2.05) is 20.8 Å². The van der Waals surface area contributed by atoms with Gasteiger partial charge < -0.3 is 26.2 Å². The van der Waals surface area contributed by atoms with Crippen LogP contribution >= 0.6 is 0 Å². The lowest BCUT2D eigenvalue weighted by Gasteiger charge is -2.36. The molecule has 13 heteroatoms. The van der Waals surface area contributed by atoms with Crippen LogP contribution in [0.3, 0.4) is 0 Å². The highest BCUT2D eigenvalue weighted by Crippen LogP contribution is 2.33. The van der Waals surface area contributed by atoms with Gasteiger partial charge in [-0.1, -0.05) is 113 Å². The summed E-state index contributed by atoms with van der Waals surface area (Å²) in [5, 5.41) is 9.65. The number of carbonyl (C=O) groups excluding carboxylic acids is 5. The Hall–Kier alpha value is -2.96. The first-order valence-corrected chi connectivity index (χ1v) is 21.1. The highest BCUT2D eigenvalue weighted by molar-refractivity contribution is 7.92. The number of nitrogens with zero attached hydrogens (tertiary/aromatic N) is 1. The number of ketones is 1. The van der Waals surface area contributed by atoms with Gasteiger partial charge in [0.1, 0.15) is 12.1 Å². The zero-order chi connectivity index (χ0) is 39.2. The van der Waals surface area contributed by atoms with Crippen LogP contribution in [0.25, 0.3) is 0 Å². The molecule has 296 valence electrons. The summed E-state index contributed by atoms with van der Waals surface area (Å²) in [5.41, 5.74) is -0.729. The average Bonchev–Trinajstić information content (AvgIpc) is 3.81. The molecule has 0 radical (unpaired) electrons. The van der Waals surface area contributed by atoms with Crippen LogP contribution in [0, 0.1) is 11.3 Å². The molecular weight excluding hydrogens is 671 g/mol. The quantitative estimate of drug-likeness (QED) is 0.144. The fourth-order valence-corrected chi connectivity index (χ4v) is 8.16.